The molecule has 0 aliphatic heterocycles. The minimum absolute atomic E-state index is 0.206. The van der Waals surface area contributed by atoms with Gasteiger partial charge in [-0.05, 0) is 32.6 Å². The van der Waals surface area contributed by atoms with Gasteiger partial charge in [0.1, 0.15) is 0 Å². The molecule has 5 heteroatoms. The number of carbonyl (C=O) groups excluding carboxylic acids is 2. The highest BCUT2D eigenvalue weighted by molar-refractivity contribution is 5.76. The van der Waals surface area contributed by atoms with Crippen LogP contribution in [0.2, 0.25) is 0 Å². The molecule has 5 nitrogen and oxygen atoms in total. The zero-order valence-electron chi connectivity index (χ0n) is 10.3. The number of urea groups is 1. The third-order valence-electron chi connectivity index (χ3n) is 2.57. The van der Waals surface area contributed by atoms with E-state index in [1.165, 1.54) is 18.4 Å². The molecule has 2 amide bonds. The predicted octanol–water partition coefficient (Wildman–Crippen LogP) is 1.70. The Hall–Kier alpha value is -1.52. The molecule has 0 bridgehead atoms. The van der Waals surface area contributed by atoms with Gasteiger partial charge in [-0.25, -0.2) is 4.79 Å². The molecular weight excluding hydrogens is 220 g/mol. The molecule has 1 fully saturated rings. The van der Waals surface area contributed by atoms with E-state index < -0.39 is 0 Å². The molecule has 17 heavy (non-hydrogen) atoms. The van der Waals surface area contributed by atoms with Crippen molar-refractivity contribution in [2.24, 2.45) is 0 Å². The number of nitrogens with one attached hydrogen (secondary N) is 2. The molecular formula is C12H20N2O3. The average molecular weight is 240 g/mol. The van der Waals surface area contributed by atoms with Crippen LogP contribution in [0.1, 0.15) is 39.0 Å². The maximum atomic E-state index is 11.3. The van der Waals surface area contributed by atoms with Gasteiger partial charge in [-0.2, -0.15) is 0 Å². The number of hydrogen-bond donors (Lipinski definition) is 2. The fourth-order valence-electron chi connectivity index (χ4n) is 1.70. The van der Waals surface area contributed by atoms with Gasteiger partial charge in [0.25, 0.3) is 0 Å². The highest BCUT2D eigenvalue weighted by atomic mass is 16.5. The van der Waals surface area contributed by atoms with Gasteiger partial charge < -0.3 is 15.4 Å². The lowest BCUT2D eigenvalue weighted by Crippen LogP contribution is -2.34. The van der Waals surface area contributed by atoms with Gasteiger partial charge >= 0.3 is 12.0 Å². The van der Waals surface area contributed by atoms with Crippen molar-refractivity contribution in [2.45, 2.75) is 39.0 Å². The highest BCUT2D eigenvalue weighted by Gasteiger charge is 2.07. The van der Waals surface area contributed by atoms with Crippen molar-refractivity contribution in [2.75, 3.05) is 13.2 Å². The van der Waals surface area contributed by atoms with Gasteiger partial charge in [0.15, 0.2) is 0 Å². The van der Waals surface area contributed by atoms with Crippen molar-refractivity contribution < 1.29 is 14.3 Å². The minimum Gasteiger partial charge on any atom is -0.466 e. The number of hydrogen-bond acceptors (Lipinski definition) is 3. The molecule has 0 unspecified atom stereocenters. The average Bonchev–Trinajstić information content (AvgIpc) is 2.79. The SMILES string of the molecule is CCOC(=O)CCNC(=O)NC=C1CCCC1. The van der Waals surface area contributed by atoms with E-state index >= 15 is 0 Å². The Morgan fingerprint density at radius 1 is 1.35 bits per heavy atom. The van der Waals surface area contributed by atoms with Crippen LogP contribution in [0.4, 0.5) is 4.79 Å². The first-order valence-electron chi connectivity index (χ1n) is 6.10. The molecule has 2 N–H and O–H groups in total. The first kappa shape index (κ1) is 13.5. The van der Waals surface area contributed by atoms with E-state index in [2.05, 4.69) is 10.6 Å². The molecule has 1 aliphatic rings. The number of carbonyl (C=O) groups is 2. The molecule has 0 aromatic carbocycles. The summed E-state index contributed by atoms with van der Waals surface area (Å²) >= 11 is 0. The van der Waals surface area contributed by atoms with Gasteiger partial charge in [-0.1, -0.05) is 5.57 Å². The summed E-state index contributed by atoms with van der Waals surface area (Å²) in [5, 5.41) is 5.27. The molecule has 96 valence electrons. The second-order valence-corrected chi connectivity index (χ2v) is 3.96. The fourth-order valence-corrected chi connectivity index (χ4v) is 1.70. The summed E-state index contributed by atoms with van der Waals surface area (Å²) in [5.41, 5.74) is 1.28. The smallest absolute Gasteiger partial charge is 0.318 e. The first-order valence-corrected chi connectivity index (χ1v) is 6.10. The third-order valence-corrected chi connectivity index (χ3v) is 2.57. The number of allylic oxidation sites excluding steroid dienone is 1. The largest absolute Gasteiger partial charge is 0.466 e. The minimum atomic E-state index is -0.290. The molecule has 0 aromatic rings. The van der Waals surface area contributed by atoms with E-state index in [1.807, 2.05) is 0 Å². The lowest BCUT2D eigenvalue weighted by molar-refractivity contribution is -0.142. The van der Waals surface area contributed by atoms with Gasteiger partial charge in [0.05, 0.1) is 13.0 Å². The van der Waals surface area contributed by atoms with Crippen LogP contribution in [0.5, 0.6) is 0 Å². The van der Waals surface area contributed by atoms with Crippen molar-refractivity contribution >= 4 is 12.0 Å². The molecule has 1 rings (SSSR count). The summed E-state index contributed by atoms with van der Waals surface area (Å²) in [5.74, 6) is -0.290. The summed E-state index contributed by atoms with van der Waals surface area (Å²) in [6.07, 6.45) is 6.53. The molecule has 0 radical (unpaired) electrons. The van der Waals surface area contributed by atoms with Crippen molar-refractivity contribution in [3.8, 4) is 0 Å². The van der Waals surface area contributed by atoms with E-state index in [0.717, 1.165) is 12.8 Å². The molecule has 0 heterocycles. The molecule has 0 saturated heterocycles. The van der Waals surface area contributed by atoms with Gasteiger partial charge in [-0.3, -0.25) is 4.79 Å². The number of amides is 2. The summed E-state index contributed by atoms with van der Waals surface area (Å²) in [6.45, 7) is 2.43. The standard InChI is InChI=1S/C12H20N2O3/c1-2-17-11(15)7-8-13-12(16)14-9-10-5-3-4-6-10/h9H,2-8H2,1H3,(H2,13,14,16). The third kappa shape index (κ3) is 5.94. The predicted molar refractivity (Wildman–Crippen MR) is 64.3 cm³/mol. The van der Waals surface area contributed by atoms with Crippen molar-refractivity contribution in [1.29, 1.82) is 0 Å². The lowest BCUT2D eigenvalue weighted by atomic mass is 10.2. The second-order valence-electron chi connectivity index (χ2n) is 3.96. The zero-order chi connectivity index (χ0) is 12.5. The van der Waals surface area contributed by atoms with Crippen molar-refractivity contribution in [3.05, 3.63) is 11.8 Å². The normalized spacial score (nSPS) is 14.3. The topological polar surface area (TPSA) is 67.4 Å². The van der Waals surface area contributed by atoms with Crippen LogP contribution < -0.4 is 10.6 Å². The number of ether oxygens (including phenoxy) is 1. The van der Waals surface area contributed by atoms with E-state index in [9.17, 15) is 9.59 Å². The van der Waals surface area contributed by atoms with Gasteiger partial charge in [0.2, 0.25) is 0 Å². The molecule has 0 spiro atoms. The zero-order valence-corrected chi connectivity index (χ0v) is 10.3. The van der Waals surface area contributed by atoms with E-state index in [-0.39, 0.29) is 18.4 Å². The van der Waals surface area contributed by atoms with Crippen LogP contribution in [-0.2, 0) is 9.53 Å². The molecule has 0 atom stereocenters. The Morgan fingerprint density at radius 3 is 2.71 bits per heavy atom. The Bertz CT molecular complexity index is 292. The maximum absolute atomic E-state index is 11.3. The Kier molecular flexibility index (Phi) is 6.14. The van der Waals surface area contributed by atoms with Crippen LogP contribution in [0, 0.1) is 0 Å². The summed E-state index contributed by atoms with van der Waals surface area (Å²) in [7, 11) is 0. The monoisotopic (exact) mass is 240 g/mol. The van der Waals surface area contributed by atoms with Crippen LogP contribution in [0.3, 0.4) is 0 Å². The Morgan fingerprint density at radius 2 is 2.06 bits per heavy atom. The van der Waals surface area contributed by atoms with E-state index in [0.29, 0.717) is 13.2 Å². The van der Waals surface area contributed by atoms with Crippen LogP contribution in [0.25, 0.3) is 0 Å². The van der Waals surface area contributed by atoms with Gasteiger partial charge in [0, 0.05) is 12.7 Å². The van der Waals surface area contributed by atoms with Gasteiger partial charge in [-0.15, -0.1) is 0 Å². The maximum Gasteiger partial charge on any atom is 0.318 e. The Balaban J connectivity index is 2.08. The second kappa shape index (κ2) is 7.70. The summed E-state index contributed by atoms with van der Waals surface area (Å²) in [4.78, 5) is 22.3. The molecule has 0 aromatic heterocycles. The van der Waals surface area contributed by atoms with E-state index in [1.54, 1.807) is 13.1 Å². The molecule has 1 aliphatic carbocycles. The summed E-state index contributed by atoms with van der Waals surface area (Å²) in [6, 6.07) is -0.270. The van der Waals surface area contributed by atoms with Crippen LogP contribution in [-0.4, -0.2) is 25.2 Å². The molecule has 1 saturated carbocycles. The summed E-state index contributed by atoms with van der Waals surface area (Å²) < 4.78 is 4.74. The highest BCUT2D eigenvalue weighted by Crippen LogP contribution is 2.22. The van der Waals surface area contributed by atoms with Crippen LogP contribution >= 0.6 is 0 Å². The van der Waals surface area contributed by atoms with E-state index in [4.69, 9.17) is 4.74 Å². The van der Waals surface area contributed by atoms with Crippen molar-refractivity contribution in [1.82, 2.24) is 10.6 Å². The quantitative estimate of drug-likeness (QED) is 0.719. The Labute approximate surface area is 102 Å². The number of rotatable bonds is 5. The fraction of sp³-hybridized carbons (Fsp3) is 0.667. The van der Waals surface area contributed by atoms with Crippen LogP contribution in [0.15, 0.2) is 11.8 Å². The van der Waals surface area contributed by atoms with Crippen molar-refractivity contribution in [3.63, 3.8) is 0 Å². The number of esters is 1. The lowest BCUT2D eigenvalue weighted by Gasteiger charge is -2.05. The first-order chi connectivity index (χ1) is 8.22.